The predicted octanol–water partition coefficient (Wildman–Crippen LogP) is 12.3. The number of hydrogen-bond donors (Lipinski definition) is 1. The van der Waals surface area contributed by atoms with Gasteiger partial charge >= 0.3 is 0 Å². The van der Waals surface area contributed by atoms with E-state index in [1.54, 1.807) is 24.4 Å². The maximum Gasteiger partial charge on any atom is 0.229 e. The van der Waals surface area contributed by atoms with Crippen molar-refractivity contribution >= 4 is 38.8 Å². The van der Waals surface area contributed by atoms with Crippen LogP contribution in [0.2, 0.25) is 0 Å². The molecule has 5 aromatic carbocycles. The highest BCUT2D eigenvalue weighted by Gasteiger charge is 2.34. The van der Waals surface area contributed by atoms with Gasteiger partial charge in [-0.3, -0.25) is 9.38 Å². The minimum absolute atomic E-state index is 0.0383. The Morgan fingerprint density at radius 2 is 1.47 bits per heavy atom. The first-order chi connectivity index (χ1) is 27.8. The van der Waals surface area contributed by atoms with Crippen molar-refractivity contribution in [1.29, 1.82) is 0 Å². The van der Waals surface area contributed by atoms with E-state index in [-0.39, 0.29) is 27.9 Å². The maximum absolute atomic E-state index is 11.6. The molecule has 0 aliphatic rings. The number of rotatable bonds is 5. The number of aromatic hydroxyl groups is 1. The second-order valence-corrected chi connectivity index (χ2v) is 15.3. The monoisotopic (exact) mass is 701 g/mol. The van der Waals surface area contributed by atoms with E-state index in [1.807, 2.05) is 77.2 Å². The number of fused-ring (bicyclic) bond motifs is 6. The zero-order valence-electron chi connectivity index (χ0n) is 36.1. The predicted molar refractivity (Wildman–Crippen MR) is 215 cm³/mol. The van der Waals surface area contributed by atoms with Crippen LogP contribution in [0.4, 0.5) is 0 Å². The van der Waals surface area contributed by atoms with Crippen LogP contribution in [0.5, 0.6) is 5.75 Å². The van der Waals surface area contributed by atoms with Crippen molar-refractivity contribution in [1.82, 2.24) is 14.4 Å². The molecule has 4 heterocycles. The molecule has 0 amide bonds. The molecule has 1 N–H and O–H groups in total. The van der Waals surface area contributed by atoms with Crippen molar-refractivity contribution in [2.24, 2.45) is 0 Å². The van der Waals surface area contributed by atoms with Crippen molar-refractivity contribution in [2.75, 3.05) is 0 Å². The summed E-state index contributed by atoms with van der Waals surface area (Å²) in [7, 11) is 0. The molecule has 0 saturated heterocycles. The van der Waals surface area contributed by atoms with Crippen LogP contribution in [0, 0.1) is 13.7 Å². The number of furan rings is 1. The highest BCUT2D eigenvalue weighted by Crippen LogP contribution is 2.43. The topological polar surface area (TPSA) is 76.7 Å². The summed E-state index contributed by atoms with van der Waals surface area (Å²) in [4.78, 5) is 9.93. The molecule has 0 aliphatic heterocycles. The Hall–Kier alpha value is -6.14. The Balaban J connectivity index is 1.22. The highest BCUT2D eigenvalue weighted by atomic mass is 16.4. The SMILES string of the molecule is [2H]C([2H])([2H])c1cccc(C([2H])([2H])[2H])c1-c1ccnc(-c2cccc(C(C)(C)c3nc(-c4ccc(C(C)(C)C)cc4O)n4c3oc3cc5c(cc34)oc3ccccc35)c2)c1. The van der Waals surface area contributed by atoms with Crippen LogP contribution in [0.3, 0.4) is 0 Å². The number of phenolic OH excluding ortho intramolecular Hbond substituents is 1. The fourth-order valence-corrected chi connectivity index (χ4v) is 7.41. The third-order valence-corrected chi connectivity index (χ3v) is 10.4. The van der Waals surface area contributed by atoms with E-state index in [0.717, 1.165) is 38.6 Å². The molecule has 0 unspecified atom stereocenters. The Labute approximate surface area is 316 Å². The van der Waals surface area contributed by atoms with Crippen LogP contribution in [-0.2, 0) is 10.8 Å². The van der Waals surface area contributed by atoms with Crippen LogP contribution < -0.4 is 0 Å². The van der Waals surface area contributed by atoms with Gasteiger partial charge in [0.1, 0.15) is 22.6 Å². The Morgan fingerprint density at radius 1 is 0.679 bits per heavy atom. The van der Waals surface area contributed by atoms with Gasteiger partial charge in [0.15, 0.2) is 11.4 Å². The van der Waals surface area contributed by atoms with E-state index in [1.165, 1.54) is 18.2 Å². The molecule has 0 radical (unpaired) electrons. The van der Waals surface area contributed by atoms with Crippen molar-refractivity contribution in [3.63, 3.8) is 0 Å². The second-order valence-electron chi connectivity index (χ2n) is 15.3. The fourth-order valence-electron chi connectivity index (χ4n) is 7.41. The fraction of sp³-hybridized carbons (Fsp3) is 0.191. The molecule has 6 nitrogen and oxygen atoms in total. The number of phenols is 1. The Bertz CT molecular complexity index is 3090. The van der Waals surface area contributed by atoms with E-state index >= 15 is 0 Å². The molecule has 6 heteroatoms. The summed E-state index contributed by atoms with van der Waals surface area (Å²) in [6.45, 7) is 5.34. The largest absolute Gasteiger partial charge is 0.507 e. The summed E-state index contributed by atoms with van der Waals surface area (Å²) in [5.74, 6) is 0.612. The third kappa shape index (κ3) is 5.23. The van der Waals surface area contributed by atoms with E-state index in [0.29, 0.717) is 45.2 Å². The van der Waals surface area contributed by atoms with Crippen molar-refractivity contribution in [3.8, 4) is 39.5 Å². The number of aryl methyl sites for hydroxylation is 2. The number of imidazole rings is 1. The summed E-state index contributed by atoms with van der Waals surface area (Å²) in [6.07, 6.45) is 1.57. The Kier molecular flexibility index (Phi) is 5.87. The molecule has 262 valence electrons. The molecule has 0 bridgehead atoms. The van der Waals surface area contributed by atoms with Gasteiger partial charge in [0.2, 0.25) is 5.71 Å². The number of nitrogens with zero attached hydrogens (tertiary/aromatic N) is 3. The summed E-state index contributed by atoms with van der Waals surface area (Å²) < 4.78 is 64.3. The van der Waals surface area contributed by atoms with Crippen LogP contribution >= 0.6 is 0 Å². The second kappa shape index (κ2) is 11.7. The van der Waals surface area contributed by atoms with E-state index in [4.69, 9.17) is 22.0 Å². The third-order valence-electron chi connectivity index (χ3n) is 10.4. The number of benzene rings is 5. The number of aromatic nitrogens is 3. The number of oxazole rings is 1. The first-order valence-corrected chi connectivity index (χ1v) is 17.6. The quantitative estimate of drug-likeness (QED) is 0.193. The first kappa shape index (κ1) is 26.6. The van der Waals surface area contributed by atoms with Gasteiger partial charge in [-0.1, -0.05) is 81.4 Å². The highest BCUT2D eigenvalue weighted by molar-refractivity contribution is 6.09. The number of pyridine rings is 1. The molecule has 9 aromatic rings. The zero-order valence-corrected chi connectivity index (χ0v) is 30.1. The lowest BCUT2D eigenvalue weighted by Gasteiger charge is -2.23. The normalized spacial score (nSPS) is 14.7. The van der Waals surface area contributed by atoms with Gasteiger partial charge in [-0.2, -0.15) is 0 Å². The zero-order chi connectivity index (χ0) is 41.8. The first-order valence-electron chi connectivity index (χ1n) is 20.6. The summed E-state index contributed by atoms with van der Waals surface area (Å²) in [5, 5.41) is 13.5. The van der Waals surface area contributed by atoms with Crippen molar-refractivity contribution in [3.05, 3.63) is 143 Å². The van der Waals surface area contributed by atoms with Crippen molar-refractivity contribution in [2.45, 2.75) is 59.2 Å². The molecule has 0 aliphatic carbocycles. The summed E-state index contributed by atoms with van der Waals surface area (Å²) in [5.41, 5.74) is 7.24. The lowest BCUT2D eigenvalue weighted by molar-refractivity contribution is 0.472. The molecular formula is C47H41N3O3. The molecule has 0 fully saturated rings. The molecule has 4 aromatic heterocycles. The lowest BCUT2D eigenvalue weighted by Crippen LogP contribution is -2.20. The van der Waals surface area contributed by atoms with E-state index in [9.17, 15) is 5.11 Å². The van der Waals surface area contributed by atoms with Gasteiger partial charge in [-0.25, -0.2) is 4.98 Å². The molecule has 9 rings (SSSR count). The van der Waals surface area contributed by atoms with Gasteiger partial charge in [-0.05, 0) is 109 Å². The molecule has 53 heavy (non-hydrogen) atoms. The van der Waals surface area contributed by atoms with Gasteiger partial charge in [-0.15, -0.1) is 0 Å². The van der Waals surface area contributed by atoms with Crippen LogP contribution in [0.15, 0.2) is 124 Å². The lowest BCUT2D eigenvalue weighted by atomic mass is 9.81. The smallest absolute Gasteiger partial charge is 0.229 e. The standard InChI is InChI=1S/C47H41N3O3/c1-27-12-10-13-28(2)42(27)30-20-21-48-36(23-30)29-14-11-15-32(22-29)47(6,7)43-45-50(44(49-43)34-19-18-31(24-38(34)51)46(3,4)5)37-26-40-35(25-41(37)53-45)33-16-8-9-17-39(33)52-40/h8-26,51H,1-7H3/i1D3,2D3. The number of hydrogen-bond acceptors (Lipinski definition) is 5. The average molecular weight is 702 g/mol. The van der Waals surface area contributed by atoms with Gasteiger partial charge in [0.05, 0.1) is 16.8 Å². The summed E-state index contributed by atoms with van der Waals surface area (Å²) >= 11 is 0. The average Bonchev–Trinajstić information content (AvgIpc) is 3.86. The minimum Gasteiger partial charge on any atom is -0.507 e. The van der Waals surface area contributed by atoms with Gasteiger partial charge < -0.3 is 13.9 Å². The van der Waals surface area contributed by atoms with Gasteiger partial charge in [0.25, 0.3) is 0 Å². The van der Waals surface area contributed by atoms with E-state index in [2.05, 4.69) is 39.6 Å². The molecule has 0 atom stereocenters. The molecule has 0 spiro atoms. The molecular weight excluding hydrogens is 655 g/mol. The minimum atomic E-state index is -2.54. The van der Waals surface area contributed by atoms with Crippen LogP contribution in [0.25, 0.3) is 72.5 Å². The van der Waals surface area contributed by atoms with Crippen LogP contribution in [-0.4, -0.2) is 19.5 Å². The van der Waals surface area contributed by atoms with Gasteiger partial charge in [0, 0.05) is 42.2 Å². The summed E-state index contributed by atoms with van der Waals surface area (Å²) in [6, 6.07) is 33.2. The van der Waals surface area contributed by atoms with Crippen LogP contribution in [0.1, 0.15) is 70.8 Å². The van der Waals surface area contributed by atoms with E-state index < -0.39 is 19.1 Å². The Morgan fingerprint density at radius 3 is 2.25 bits per heavy atom. The van der Waals surface area contributed by atoms with Crippen molar-refractivity contribution < 1.29 is 22.2 Å². The molecule has 0 saturated carbocycles. The maximum atomic E-state index is 11.6. The number of para-hydroxylation sites is 1.